The van der Waals surface area contributed by atoms with Gasteiger partial charge in [0.2, 0.25) is 5.78 Å². The summed E-state index contributed by atoms with van der Waals surface area (Å²) < 4.78 is 143. The molecule has 21 nitrogen and oxygen atoms in total. The van der Waals surface area contributed by atoms with Crippen molar-refractivity contribution in [3.8, 4) is 33.4 Å². The molecule has 0 aromatic carbocycles. The minimum absolute atomic E-state index is 0.172. The zero-order chi connectivity index (χ0) is 69.7. The number of nitrogens with zero attached hydrogens (tertiary/aromatic N) is 12. The fraction of sp³-hybridized carbons (Fsp3) is 0.212. The third kappa shape index (κ3) is 13.6. The molecule has 0 radical (unpaired) electrons. The van der Waals surface area contributed by atoms with E-state index in [9.17, 15) is 53.9 Å². The van der Waals surface area contributed by atoms with E-state index >= 15 is 0 Å². The topological polar surface area (TPSA) is 240 Å². The normalized spacial score (nSPS) is 16.0. The predicted octanol–water partition coefficient (Wildman–Crippen LogP) is 14.5. The Bertz CT molecular complexity index is 5070. The number of ketones is 1. The molecule has 1 unspecified atom stereocenters. The minimum Gasteiger partial charge on any atom is -0.472 e. The van der Waals surface area contributed by atoms with Gasteiger partial charge in [0, 0.05) is 127 Å². The van der Waals surface area contributed by atoms with Gasteiger partial charge in [0.05, 0.1) is 72.8 Å². The molecule has 0 spiro atoms. The number of carbonyl (C=O) groups excluding carboxylic acids is 3. The van der Waals surface area contributed by atoms with E-state index in [0.29, 0.717) is 68.7 Å². The molecule has 0 fully saturated rings. The summed E-state index contributed by atoms with van der Waals surface area (Å²) in [6.07, 6.45) is 15.2. The van der Waals surface area contributed by atoms with Gasteiger partial charge in [0.15, 0.2) is 28.3 Å². The van der Waals surface area contributed by atoms with E-state index < -0.39 is 75.8 Å². The number of imidazole rings is 3. The number of fused-ring (bicyclic) bond motifs is 3. The lowest BCUT2D eigenvalue weighted by molar-refractivity contribution is -0.137. The Labute approximate surface area is 567 Å². The van der Waals surface area contributed by atoms with Crippen molar-refractivity contribution in [2.45, 2.75) is 50.8 Å². The number of halogens is 12. The van der Waals surface area contributed by atoms with Gasteiger partial charge in [-0.05, 0) is 84.9 Å². The van der Waals surface area contributed by atoms with Gasteiger partial charge in [0.25, 0.3) is 11.8 Å². The van der Waals surface area contributed by atoms with Gasteiger partial charge in [-0.1, -0.05) is 53.0 Å². The molecular formula is C66H49Cl3F9N15O6. The third-order valence-electron chi connectivity index (χ3n) is 16.8. The number of amides is 2. The zero-order valence-corrected chi connectivity index (χ0v) is 53.4. The molecule has 99 heavy (non-hydrogen) atoms. The first-order valence-electron chi connectivity index (χ1n) is 30.0. The first kappa shape index (κ1) is 67.0. The van der Waals surface area contributed by atoms with E-state index in [0.717, 1.165) is 70.5 Å². The van der Waals surface area contributed by atoms with Crippen LogP contribution in [0.15, 0.2) is 171 Å². The number of carbonyl (C=O) groups is 3. The van der Waals surface area contributed by atoms with Gasteiger partial charge in [-0.3, -0.25) is 32.7 Å². The molecule has 0 aliphatic carbocycles. The molecule has 1 atom stereocenters. The second-order valence-electron chi connectivity index (χ2n) is 22.9. The highest BCUT2D eigenvalue weighted by Crippen LogP contribution is 2.42. The number of aromatic amines is 1. The number of H-pyrrole nitrogens is 1. The third-order valence-corrected chi connectivity index (χ3v) is 17.8. The summed E-state index contributed by atoms with van der Waals surface area (Å²) in [6.45, 7) is 4.31. The number of pyridine rings is 3. The number of hydrogen-bond acceptors (Lipinski definition) is 15. The molecule has 33 heteroatoms. The Hall–Kier alpha value is -10.6. The molecule has 0 saturated heterocycles. The van der Waals surface area contributed by atoms with Crippen molar-refractivity contribution >= 4 is 86.8 Å². The van der Waals surface area contributed by atoms with Crippen LogP contribution in [0.2, 0.25) is 15.5 Å². The number of aryl methyl sites for hydroxylation is 1. The van der Waals surface area contributed by atoms with E-state index in [1.807, 2.05) is 25.2 Å². The van der Waals surface area contributed by atoms with Crippen LogP contribution in [0.4, 0.5) is 39.5 Å². The maximum atomic E-state index is 13.8. The first-order chi connectivity index (χ1) is 47.4. The highest BCUT2D eigenvalue weighted by molar-refractivity contribution is 6.34. The molecule has 4 aliphatic rings. The summed E-state index contributed by atoms with van der Waals surface area (Å²) in [6, 6.07) is 6.81. The lowest BCUT2D eigenvalue weighted by Crippen LogP contribution is -2.40. The molecule has 0 saturated carbocycles. The minimum atomic E-state index is -4.71. The lowest BCUT2D eigenvalue weighted by atomic mass is 9.94. The van der Waals surface area contributed by atoms with Crippen molar-refractivity contribution in [2.75, 3.05) is 39.3 Å². The van der Waals surface area contributed by atoms with Crippen LogP contribution in [-0.4, -0.2) is 127 Å². The Balaban J connectivity index is 0.000000133. The van der Waals surface area contributed by atoms with Crippen LogP contribution in [0.25, 0.3) is 61.5 Å². The number of rotatable bonds is 10. The molecule has 0 bridgehead atoms. The predicted molar refractivity (Wildman–Crippen MR) is 344 cm³/mol. The first-order valence-corrected chi connectivity index (χ1v) is 31.1. The summed E-state index contributed by atoms with van der Waals surface area (Å²) in [5, 5.41) is 12.5. The number of hydrogen-bond donors (Lipinski definition) is 3. The van der Waals surface area contributed by atoms with Crippen LogP contribution >= 0.6 is 34.8 Å². The van der Waals surface area contributed by atoms with Crippen LogP contribution in [-0.2, 0) is 18.5 Å². The summed E-state index contributed by atoms with van der Waals surface area (Å²) in [5.41, 5.74) is 3.81. The Kier molecular flexibility index (Phi) is 18.3. The van der Waals surface area contributed by atoms with Crippen molar-refractivity contribution in [1.82, 2.24) is 68.8 Å². The summed E-state index contributed by atoms with van der Waals surface area (Å²) in [7, 11) is 0. The molecule has 15 heterocycles. The van der Waals surface area contributed by atoms with Crippen molar-refractivity contribution in [1.29, 1.82) is 0 Å². The Morgan fingerprint density at radius 3 is 1.43 bits per heavy atom. The monoisotopic (exact) mass is 1420 g/mol. The fourth-order valence-electron chi connectivity index (χ4n) is 11.7. The Morgan fingerprint density at radius 1 is 0.566 bits per heavy atom. The second-order valence-corrected chi connectivity index (χ2v) is 23.9. The molecule has 15 rings (SSSR count). The smallest absolute Gasteiger partial charge is 0.420 e. The average molecular weight is 1430 g/mol. The molecule has 11 aromatic heterocycles. The molecule has 508 valence electrons. The van der Waals surface area contributed by atoms with Crippen LogP contribution < -0.4 is 10.6 Å². The SMILES string of the molecule is Cc1[nH]ncc1C1=CCN(C(=O)c2nc3c(C(F)(F)F)cc(-c4ccoc4)cn3c2Cl)CC1.O=C(c1nc2c(C(F)(F)F)cc(-c3ccoc3)cn2c1Cl)C1CC(c2cncnc2)=CCN1.O=C(c1nc2c(C(F)(F)F)cc(-c3ccoc3)cn2c1Cl)N1CC=C(C2=CN=CNC2)CC1. The average Bonchev–Trinajstić information content (AvgIpc) is 1.65. The summed E-state index contributed by atoms with van der Waals surface area (Å²) in [5.74, 6) is -1.55. The largest absolute Gasteiger partial charge is 0.472 e. The number of nitrogens with one attached hydrogen (secondary N) is 3. The van der Waals surface area contributed by atoms with Gasteiger partial charge in [0.1, 0.15) is 27.5 Å². The highest BCUT2D eigenvalue weighted by Gasteiger charge is 2.40. The van der Waals surface area contributed by atoms with E-state index in [4.69, 9.17) is 48.1 Å². The Morgan fingerprint density at radius 2 is 1.03 bits per heavy atom. The van der Waals surface area contributed by atoms with Gasteiger partial charge >= 0.3 is 18.5 Å². The van der Waals surface area contributed by atoms with Crippen molar-refractivity contribution in [2.24, 2.45) is 4.99 Å². The molecule has 2 amide bonds. The van der Waals surface area contributed by atoms with Crippen LogP contribution in [0.5, 0.6) is 0 Å². The van der Waals surface area contributed by atoms with Crippen LogP contribution in [0.1, 0.15) is 84.2 Å². The van der Waals surface area contributed by atoms with Gasteiger partial charge < -0.3 is 33.7 Å². The molecule has 4 aliphatic heterocycles. The molecule has 11 aromatic rings. The number of aliphatic imine (C=N–C) groups is 1. The highest BCUT2D eigenvalue weighted by atomic mass is 35.5. The van der Waals surface area contributed by atoms with Crippen molar-refractivity contribution in [3.63, 3.8) is 0 Å². The number of alkyl halides is 9. The zero-order valence-electron chi connectivity index (χ0n) is 51.1. The molecular weight excluding hydrogens is 1380 g/mol. The van der Waals surface area contributed by atoms with Gasteiger partial charge in [-0.15, -0.1) is 0 Å². The van der Waals surface area contributed by atoms with Crippen LogP contribution in [0.3, 0.4) is 0 Å². The van der Waals surface area contributed by atoms with Crippen molar-refractivity contribution in [3.05, 3.63) is 219 Å². The fourth-order valence-corrected chi connectivity index (χ4v) is 12.5. The maximum Gasteiger partial charge on any atom is 0.420 e. The standard InChI is InChI=1S/2C22H17ClF3N5O2.C22H15ClF3N5O2/c1-12-16(9-27-29-12)13-2-5-30(6-3-13)21(32)18-19(23)31-10-15(14-4-7-33-11-14)8-17(20(31)28-18)22(24,25)26;23-19-18(21(32)30-4-1-13(2-5-30)16-8-27-12-28-9-16)29-20-17(22(24,25)26)7-15(10-31(19)20)14-3-6-33-11-14;23-20-18(19(32)17-6-12(1-3-29-17)15-7-27-11-28-8-15)30-21-16(22(24,25)26)5-14(9-31(20)21)13-2-4-33-10-13/h2,4,7-11H,3,5-6H2,1H3,(H,27,29);1,3,6-8,10-12H,2,4-5,9H2,(H,27,28);1-2,4-5,7-11,17,29H,3,6H2. The van der Waals surface area contributed by atoms with E-state index in [1.54, 1.807) is 37.2 Å². The maximum absolute atomic E-state index is 13.8. The molecule has 3 N–H and O–H groups in total. The number of furan rings is 3. The second kappa shape index (κ2) is 27.0. The van der Waals surface area contributed by atoms with E-state index in [1.165, 1.54) is 84.4 Å². The quantitative estimate of drug-likeness (QED) is 0.0853. The lowest BCUT2D eigenvalue weighted by Gasteiger charge is -2.27. The van der Waals surface area contributed by atoms with Crippen molar-refractivity contribution < 1.29 is 67.1 Å². The van der Waals surface area contributed by atoms with Gasteiger partial charge in [-0.2, -0.15) is 44.6 Å². The number of Topliss-reactive ketones (excluding diaryl/α,β-unsaturated/α-hetero) is 1. The van der Waals surface area contributed by atoms with E-state index in [2.05, 4.69) is 50.7 Å². The van der Waals surface area contributed by atoms with Gasteiger partial charge in [-0.25, -0.2) is 29.9 Å². The summed E-state index contributed by atoms with van der Waals surface area (Å²) in [4.78, 5) is 66.7. The number of aromatic nitrogens is 10. The summed E-state index contributed by atoms with van der Waals surface area (Å²) >= 11 is 19.2. The van der Waals surface area contributed by atoms with E-state index in [-0.39, 0.29) is 55.8 Å². The van der Waals surface area contributed by atoms with Crippen LogP contribution in [0, 0.1) is 6.92 Å².